The average molecular weight is 699 g/mol. The molecule has 1 atom stereocenters. The van der Waals surface area contributed by atoms with Gasteiger partial charge in [0.25, 0.3) is 10.0 Å². The minimum Gasteiger partial charge on any atom is -0.494 e. The smallest absolute Gasteiger partial charge is 0.264 e. The molecular weight excluding hydrogens is 665 g/mol. The van der Waals surface area contributed by atoms with E-state index in [1.807, 2.05) is 20.8 Å². The maximum atomic E-state index is 14.1. The fourth-order valence-electron chi connectivity index (χ4n) is 4.03. The van der Waals surface area contributed by atoms with Crippen molar-refractivity contribution in [2.75, 3.05) is 24.0 Å². The number of ether oxygens (including phenoxy) is 1. The molecule has 12 heteroatoms. The highest BCUT2D eigenvalue weighted by molar-refractivity contribution is 9.10. The third kappa shape index (κ3) is 8.63. The molecule has 1 N–H and O–H groups in total. The first kappa shape index (κ1) is 33.7. The Morgan fingerprint density at radius 1 is 0.952 bits per heavy atom. The van der Waals surface area contributed by atoms with Crippen LogP contribution in [0.2, 0.25) is 10.0 Å². The monoisotopic (exact) mass is 697 g/mol. The van der Waals surface area contributed by atoms with Crippen LogP contribution in [0, 0.1) is 5.92 Å². The summed E-state index contributed by atoms with van der Waals surface area (Å²) in [5.74, 6) is -0.259. The van der Waals surface area contributed by atoms with Gasteiger partial charge >= 0.3 is 0 Å². The molecule has 0 heterocycles. The van der Waals surface area contributed by atoms with E-state index in [4.69, 9.17) is 27.9 Å². The van der Waals surface area contributed by atoms with Gasteiger partial charge in [0.1, 0.15) is 18.3 Å². The third-order valence-electron chi connectivity index (χ3n) is 6.36. The summed E-state index contributed by atoms with van der Waals surface area (Å²) in [4.78, 5) is 28.5. The van der Waals surface area contributed by atoms with Crippen LogP contribution in [0.5, 0.6) is 5.75 Å². The van der Waals surface area contributed by atoms with Crippen molar-refractivity contribution in [3.05, 3.63) is 86.8 Å². The Kier molecular flexibility index (Phi) is 12.1. The maximum Gasteiger partial charge on any atom is 0.264 e. The van der Waals surface area contributed by atoms with Gasteiger partial charge in [0.05, 0.1) is 17.2 Å². The van der Waals surface area contributed by atoms with Crippen LogP contribution in [0.3, 0.4) is 0 Å². The van der Waals surface area contributed by atoms with Crippen molar-refractivity contribution in [2.45, 2.75) is 45.2 Å². The molecule has 0 aromatic heterocycles. The van der Waals surface area contributed by atoms with E-state index in [0.717, 1.165) is 4.31 Å². The number of carbonyl (C=O) groups is 2. The van der Waals surface area contributed by atoms with Gasteiger partial charge in [-0.3, -0.25) is 13.9 Å². The van der Waals surface area contributed by atoms with Gasteiger partial charge < -0.3 is 15.0 Å². The zero-order valence-electron chi connectivity index (χ0n) is 23.8. The summed E-state index contributed by atoms with van der Waals surface area (Å²) in [6.07, 6.45) is 0. The second kappa shape index (κ2) is 15.1. The number of carbonyl (C=O) groups excluding carboxylic acids is 2. The number of hydrogen-bond donors (Lipinski definition) is 1. The predicted octanol–water partition coefficient (Wildman–Crippen LogP) is 6.54. The van der Waals surface area contributed by atoms with E-state index in [0.29, 0.717) is 39.0 Å². The second-order valence-electron chi connectivity index (χ2n) is 9.93. The molecule has 3 aromatic rings. The van der Waals surface area contributed by atoms with Gasteiger partial charge in [0, 0.05) is 33.2 Å². The van der Waals surface area contributed by atoms with Crippen LogP contribution in [0.25, 0.3) is 0 Å². The molecule has 0 saturated carbocycles. The number of hydrogen-bond acceptors (Lipinski definition) is 5. The molecule has 2 amide bonds. The van der Waals surface area contributed by atoms with Crippen LogP contribution < -0.4 is 14.4 Å². The first-order chi connectivity index (χ1) is 19.8. The summed E-state index contributed by atoms with van der Waals surface area (Å²) in [5, 5.41) is 3.49. The van der Waals surface area contributed by atoms with Crippen LogP contribution >= 0.6 is 39.1 Å². The van der Waals surface area contributed by atoms with Crippen molar-refractivity contribution in [1.82, 2.24) is 10.2 Å². The minimum absolute atomic E-state index is 0.00388. The Balaban J connectivity index is 2.05. The summed E-state index contributed by atoms with van der Waals surface area (Å²) < 4.78 is 35.1. The van der Waals surface area contributed by atoms with Gasteiger partial charge in [0.2, 0.25) is 11.8 Å². The summed E-state index contributed by atoms with van der Waals surface area (Å²) >= 11 is 16.2. The highest BCUT2D eigenvalue weighted by Crippen LogP contribution is 2.29. The van der Waals surface area contributed by atoms with E-state index in [-0.39, 0.29) is 29.0 Å². The number of nitrogens with one attached hydrogen (secondary N) is 1. The number of benzene rings is 3. The lowest BCUT2D eigenvalue weighted by Crippen LogP contribution is -2.51. The van der Waals surface area contributed by atoms with Crippen molar-refractivity contribution >= 4 is 66.7 Å². The molecule has 0 spiro atoms. The summed E-state index contributed by atoms with van der Waals surface area (Å²) in [6, 6.07) is 16.5. The molecule has 3 aromatic carbocycles. The Bertz CT molecular complexity index is 1470. The quantitative estimate of drug-likeness (QED) is 0.219. The van der Waals surface area contributed by atoms with Crippen LogP contribution in [-0.2, 0) is 26.2 Å². The van der Waals surface area contributed by atoms with Gasteiger partial charge in [-0.1, -0.05) is 59.0 Å². The third-order valence-corrected chi connectivity index (χ3v) is 9.38. The molecule has 0 bridgehead atoms. The standard InChI is InChI=1S/C30H34BrCl2N3O5S/c1-5-41-24-13-11-23(12-14-24)36(42(39,40)25-15-9-22(31)10-16-25)19-29(37)35(21(4)30(38)34-17-20(2)3)18-26-27(32)7-6-8-28(26)33/h6-16,20-21H,5,17-19H2,1-4H3,(H,34,38)/t21-/m1/s1. The van der Waals surface area contributed by atoms with Crippen molar-refractivity contribution in [2.24, 2.45) is 5.92 Å². The Morgan fingerprint density at radius 3 is 2.10 bits per heavy atom. The van der Waals surface area contributed by atoms with Gasteiger partial charge in [-0.2, -0.15) is 0 Å². The van der Waals surface area contributed by atoms with Gasteiger partial charge in [0.15, 0.2) is 0 Å². The number of anilines is 1. The molecule has 8 nitrogen and oxygen atoms in total. The Labute approximate surface area is 266 Å². The highest BCUT2D eigenvalue weighted by atomic mass is 79.9. The van der Waals surface area contributed by atoms with Crippen molar-refractivity contribution in [3.8, 4) is 5.75 Å². The lowest BCUT2D eigenvalue weighted by molar-refractivity contribution is -0.139. The molecule has 3 rings (SSSR count). The minimum atomic E-state index is -4.21. The van der Waals surface area contributed by atoms with Crippen molar-refractivity contribution in [3.63, 3.8) is 0 Å². The van der Waals surface area contributed by atoms with Gasteiger partial charge in [-0.15, -0.1) is 0 Å². The maximum absolute atomic E-state index is 14.1. The van der Waals surface area contributed by atoms with Crippen LogP contribution in [0.1, 0.15) is 33.3 Å². The van der Waals surface area contributed by atoms with E-state index in [2.05, 4.69) is 21.2 Å². The molecule has 0 saturated heterocycles. The lowest BCUT2D eigenvalue weighted by Gasteiger charge is -2.32. The molecule has 0 aliphatic rings. The second-order valence-corrected chi connectivity index (χ2v) is 13.5. The van der Waals surface area contributed by atoms with Gasteiger partial charge in [-0.25, -0.2) is 8.42 Å². The lowest BCUT2D eigenvalue weighted by atomic mass is 10.1. The topological polar surface area (TPSA) is 96.0 Å². The van der Waals surface area contributed by atoms with E-state index < -0.39 is 28.5 Å². The normalized spacial score (nSPS) is 12.1. The van der Waals surface area contributed by atoms with E-state index in [9.17, 15) is 18.0 Å². The Morgan fingerprint density at radius 2 is 1.55 bits per heavy atom. The zero-order chi connectivity index (χ0) is 31.0. The molecule has 42 heavy (non-hydrogen) atoms. The average Bonchev–Trinajstić information content (AvgIpc) is 2.95. The van der Waals surface area contributed by atoms with E-state index in [1.54, 1.807) is 61.5 Å². The van der Waals surface area contributed by atoms with Crippen LogP contribution in [-0.4, -0.2) is 50.9 Å². The molecule has 0 aliphatic carbocycles. The first-order valence-corrected chi connectivity index (χ1v) is 16.3. The fourth-order valence-corrected chi connectivity index (χ4v) is 6.22. The molecular formula is C30H34BrCl2N3O5S. The first-order valence-electron chi connectivity index (χ1n) is 13.4. The number of halogens is 3. The van der Waals surface area contributed by atoms with Crippen LogP contribution in [0.15, 0.2) is 76.1 Å². The summed E-state index contributed by atoms with van der Waals surface area (Å²) in [6.45, 7) is 7.50. The molecule has 0 radical (unpaired) electrons. The number of nitrogens with zero attached hydrogens (tertiary/aromatic N) is 2. The molecule has 0 unspecified atom stereocenters. The fraction of sp³-hybridized carbons (Fsp3) is 0.333. The SMILES string of the molecule is CCOc1ccc(N(CC(=O)N(Cc2c(Cl)cccc2Cl)[C@H](C)C(=O)NCC(C)C)S(=O)(=O)c2ccc(Br)cc2)cc1. The zero-order valence-corrected chi connectivity index (χ0v) is 27.7. The largest absolute Gasteiger partial charge is 0.494 e. The highest BCUT2D eigenvalue weighted by Gasteiger charge is 2.33. The predicted molar refractivity (Wildman–Crippen MR) is 171 cm³/mol. The van der Waals surface area contributed by atoms with Crippen molar-refractivity contribution < 1.29 is 22.7 Å². The number of sulfonamides is 1. The van der Waals surface area contributed by atoms with E-state index >= 15 is 0 Å². The summed E-state index contributed by atoms with van der Waals surface area (Å²) in [7, 11) is -4.21. The Hall–Kier alpha value is -2.79. The van der Waals surface area contributed by atoms with Crippen LogP contribution in [0.4, 0.5) is 5.69 Å². The molecule has 226 valence electrons. The number of rotatable bonds is 13. The van der Waals surface area contributed by atoms with Crippen molar-refractivity contribution in [1.29, 1.82) is 0 Å². The molecule has 0 fully saturated rings. The summed E-state index contributed by atoms with van der Waals surface area (Å²) in [5.41, 5.74) is 0.698. The molecule has 0 aliphatic heterocycles. The van der Waals surface area contributed by atoms with E-state index in [1.165, 1.54) is 17.0 Å². The number of amides is 2. The van der Waals surface area contributed by atoms with Gasteiger partial charge in [-0.05, 0) is 80.4 Å².